The monoisotopic (exact) mass is 443 g/mol. The maximum atomic E-state index is 12.9. The summed E-state index contributed by atoms with van der Waals surface area (Å²) in [6.45, 7) is 1.74. The number of aromatic nitrogens is 3. The van der Waals surface area contributed by atoms with Crippen LogP contribution in [0.15, 0.2) is 77.3 Å². The first kappa shape index (κ1) is 21.7. The Balaban J connectivity index is 1.55. The molecule has 4 rings (SSSR count). The fraction of sp³-hybridized carbons (Fsp3) is 0.125. The predicted octanol–water partition coefficient (Wildman–Crippen LogP) is 2.23. The van der Waals surface area contributed by atoms with Crippen LogP contribution in [0.5, 0.6) is 0 Å². The fourth-order valence-corrected chi connectivity index (χ4v) is 3.34. The zero-order valence-corrected chi connectivity index (χ0v) is 17.8. The second-order valence-corrected chi connectivity index (χ2v) is 7.40. The van der Waals surface area contributed by atoms with Crippen LogP contribution in [0.2, 0.25) is 0 Å². The number of carbonyl (C=O) groups is 3. The van der Waals surface area contributed by atoms with E-state index in [2.05, 4.69) is 15.4 Å². The summed E-state index contributed by atoms with van der Waals surface area (Å²) in [6.07, 6.45) is 1.70. The number of benzene rings is 2. The molecule has 2 aromatic carbocycles. The lowest BCUT2D eigenvalue weighted by Crippen LogP contribution is -2.47. The summed E-state index contributed by atoms with van der Waals surface area (Å²) in [4.78, 5) is 40.9. The van der Waals surface area contributed by atoms with Gasteiger partial charge in [-0.3, -0.25) is 14.4 Å². The highest BCUT2D eigenvalue weighted by Gasteiger charge is 2.27. The number of amides is 2. The zero-order valence-electron chi connectivity index (χ0n) is 17.8. The Morgan fingerprint density at radius 3 is 2.39 bits per heavy atom. The third kappa shape index (κ3) is 4.87. The highest BCUT2D eigenvalue weighted by molar-refractivity contribution is 6.38. The van der Waals surface area contributed by atoms with Crippen LogP contribution in [0.3, 0.4) is 0 Å². The van der Waals surface area contributed by atoms with E-state index in [0.29, 0.717) is 11.5 Å². The molecule has 4 aromatic rings. The number of nitrogens with two attached hydrogens (primary N) is 1. The zero-order chi connectivity index (χ0) is 23.4. The van der Waals surface area contributed by atoms with E-state index in [9.17, 15) is 14.4 Å². The van der Waals surface area contributed by atoms with Gasteiger partial charge in [0.1, 0.15) is 6.04 Å². The molecule has 9 heteroatoms. The summed E-state index contributed by atoms with van der Waals surface area (Å²) in [7, 11) is 0. The van der Waals surface area contributed by atoms with E-state index in [-0.39, 0.29) is 18.1 Å². The third-order valence-corrected chi connectivity index (χ3v) is 5.00. The lowest BCUT2D eigenvalue weighted by atomic mass is 10.0. The summed E-state index contributed by atoms with van der Waals surface area (Å²) >= 11 is 0. The molecule has 2 aromatic heterocycles. The van der Waals surface area contributed by atoms with Crippen molar-refractivity contribution >= 4 is 17.6 Å². The lowest BCUT2D eigenvalue weighted by molar-refractivity contribution is -0.137. The highest BCUT2D eigenvalue weighted by atomic mass is 16.4. The molecule has 33 heavy (non-hydrogen) atoms. The maximum Gasteiger partial charge on any atom is 0.323 e. The van der Waals surface area contributed by atoms with Crippen molar-refractivity contribution < 1.29 is 18.8 Å². The number of rotatable bonds is 8. The van der Waals surface area contributed by atoms with Gasteiger partial charge >= 0.3 is 6.01 Å². The number of aryl methyl sites for hydroxylation is 1. The molecule has 0 radical (unpaired) electrons. The number of hydrogen-bond donors (Lipinski definition) is 2. The minimum atomic E-state index is -1.12. The molecule has 9 nitrogen and oxygen atoms in total. The third-order valence-electron chi connectivity index (χ3n) is 5.00. The van der Waals surface area contributed by atoms with Gasteiger partial charge in [0.2, 0.25) is 5.78 Å². The summed E-state index contributed by atoms with van der Waals surface area (Å²) in [5.41, 5.74) is 7.45. The SMILES string of the molecule is Cc1cc(C(=O)N[C@@H](Cc2ccccc2)C(=O)C(N)=O)nn1-c1ncc(-c2ccccc2)o1. The number of primary amides is 1. The van der Waals surface area contributed by atoms with E-state index < -0.39 is 23.6 Å². The van der Waals surface area contributed by atoms with E-state index >= 15 is 0 Å². The van der Waals surface area contributed by atoms with E-state index in [1.807, 2.05) is 36.4 Å². The Hall–Kier alpha value is -4.53. The quantitative estimate of drug-likeness (QED) is 0.401. The fourth-order valence-electron chi connectivity index (χ4n) is 3.34. The van der Waals surface area contributed by atoms with E-state index in [4.69, 9.17) is 10.2 Å². The first-order valence-corrected chi connectivity index (χ1v) is 10.2. The summed E-state index contributed by atoms with van der Waals surface area (Å²) in [6, 6.07) is 19.1. The lowest BCUT2D eigenvalue weighted by Gasteiger charge is -2.15. The molecular weight excluding hydrogens is 422 g/mol. The molecule has 0 bridgehead atoms. The van der Waals surface area contributed by atoms with Crippen LogP contribution in [0.1, 0.15) is 21.7 Å². The van der Waals surface area contributed by atoms with Crippen molar-refractivity contribution in [3.05, 3.63) is 89.9 Å². The molecule has 0 saturated carbocycles. The molecule has 2 heterocycles. The molecule has 0 aliphatic heterocycles. The largest absolute Gasteiger partial charge is 0.422 e. The minimum absolute atomic E-state index is 0.0438. The molecule has 0 aliphatic rings. The van der Waals surface area contributed by atoms with Crippen LogP contribution in [-0.2, 0) is 16.0 Å². The number of oxazole rings is 1. The average Bonchev–Trinajstić information content (AvgIpc) is 3.46. The minimum Gasteiger partial charge on any atom is -0.422 e. The number of Topliss-reactive ketones (excluding diaryl/α,β-unsaturated/α-hetero) is 1. The number of ketones is 1. The van der Waals surface area contributed by atoms with Crippen LogP contribution in [0.4, 0.5) is 0 Å². The van der Waals surface area contributed by atoms with Gasteiger partial charge in [-0.1, -0.05) is 60.7 Å². The molecular formula is C24H21N5O4. The van der Waals surface area contributed by atoms with Gasteiger partial charge in [-0.15, -0.1) is 0 Å². The number of nitrogens with zero attached hydrogens (tertiary/aromatic N) is 3. The van der Waals surface area contributed by atoms with Crippen LogP contribution in [0, 0.1) is 6.92 Å². The Morgan fingerprint density at radius 1 is 1.06 bits per heavy atom. The molecule has 0 fully saturated rings. The van der Waals surface area contributed by atoms with Gasteiger partial charge in [0, 0.05) is 17.7 Å². The smallest absolute Gasteiger partial charge is 0.323 e. The molecule has 2 amide bonds. The molecule has 0 saturated heterocycles. The van der Waals surface area contributed by atoms with Gasteiger partial charge in [-0.05, 0) is 18.6 Å². The normalized spacial score (nSPS) is 11.7. The molecule has 0 spiro atoms. The topological polar surface area (TPSA) is 133 Å². The number of nitrogens with one attached hydrogen (secondary N) is 1. The van der Waals surface area contributed by atoms with Crippen molar-refractivity contribution in [3.8, 4) is 17.3 Å². The highest BCUT2D eigenvalue weighted by Crippen LogP contribution is 2.22. The van der Waals surface area contributed by atoms with Crippen LogP contribution < -0.4 is 11.1 Å². The van der Waals surface area contributed by atoms with Crippen molar-refractivity contribution in [2.45, 2.75) is 19.4 Å². The van der Waals surface area contributed by atoms with Gasteiger partial charge in [0.05, 0.1) is 6.20 Å². The summed E-state index contributed by atoms with van der Waals surface area (Å²) in [5, 5.41) is 6.84. The maximum absolute atomic E-state index is 12.9. The summed E-state index contributed by atoms with van der Waals surface area (Å²) in [5.74, 6) is -2.07. The Labute approximate surface area is 189 Å². The molecule has 166 valence electrons. The van der Waals surface area contributed by atoms with Crippen molar-refractivity contribution in [2.24, 2.45) is 5.73 Å². The Morgan fingerprint density at radius 2 is 1.73 bits per heavy atom. The predicted molar refractivity (Wildman–Crippen MR) is 119 cm³/mol. The molecule has 0 aliphatic carbocycles. The molecule has 0 unspecified atom stereocenters. The van der Waals surface area contributed by atoms with Crippen molar-refractivity contribution in [3.63, 3.8) is 0 Å². The number of carbonyl (C=O) groups excluding carboxylic acids is 3. The Bertz CT molecular complexity index is 1290. The van der Waals surface area contributed by atoms with E-state index in [1.165, 1.54) is 10.7 Å². The average molecular weight is 443 g/mol. The van der Waals surface area contributed by atoms with Gasteiger partial charge in [0.25, 0.3) is 11.8 Å². The molecule has 1 atom stereocenters. The van der Waals surface area contributed by atoms with Crippen LogP contribution in [0.25, 0.3) is 17.3 Å². The summed E-state index contributed by atoms with van der Waals surface area (Å²) < 4.78 is 7.19. The van der Waals surface area contributed by atoms with Gasteiger partial charge in [-0.2, -0.15) is 14.8 Å². The van der Waals surface area contributed by atoms with Gasteiger partial charge in [0.15, 0.2) is 11.5 Å². The van der Waals surface area contributed by atoms with Crippen molar-refractivity contribution in [1.29, 1.82) is 0 Å². The van der Waals surface area contributed by atoms with Gasteiger partial charge < -0.3 is 15.5 Å². The van der Waals surface area contributed by atoms with Gasteiger partial charge in [-0.25, -0.2) is 0 Å². The van der Waals surface area contributed by atoms with E-state index in [0.717, 1.165) is 11.1 Å². The molecule has 3 N–H and O–H groups in total. The van der Waals surface area contributed by atoms with Crippen LogP contribution >= 0.6 is 0 Å². The van der Waals surface area contributed by atoms with Crippen molar-refractivity contribution in [2.75, 3.05) is 0 Å². The standard InChI is InChI=1S/C24H21N5O4/c1-15-12-19(28-29(15)24-26-14-20(33-24)17-10-6-3-7-11-17)23(32)27-18(21(30)22(25)31)13-16-8-4-2-5-9-16/h2-12,14,18H,13H2,1H3,(H2,25,31)(H,27,32)/t18-/m0/s1. The Kier molecular flexibility index (Phi) is 6.12. The van der Waals surface area contributed by atoms with E-state index in [1.54, 1.807) is 37.4 Å². The van der Waals surface area contributed by atoms with Crippen molar-refractivity contribution in [1.82, 2.24) is 20.1 Å². The first-order chi connectivity index (χ1) is 15.9. The second kappa shape index (κ2) is 9.31. The second-order valence-electron chi connectivity index (χ2n) is 7.40. The number of hydrogen-bond acceptors (Lipinski definition) is 6. The van der Waals surface area contributed by atoms with Crippen LogP contribution in [-0.4, -0.2) is 38.4 Å². The first-order valence-electron chi connectivity index (χ1n) is 10.2.